The van der Waals surface area contributed by atoms with E-state index in [1.807, 2.05) is 29.6 Å². The van der Waals surface area contributed by atoms with Gasteiger partial charge in [0.25, 0.3) is 5.91 Å². The zero-order valence-electron chi connectivity index (χ0n) is 21.9. The molecular formula is C28H35N3O5S. The minimum Gasteiger partial charge on any atom is -0.493 e. The number of thiazole rings is 1. The summed E-state index contributed by atoms with van der Waals surface area (Å²) < 4.78 is 21.9. The van der Waals surface area contributed by atoms with Gasteiger partial charge in [-0.15, -0.1) is 11.3 Å². The summed E-state index contributed by atoms with van der Waals surface area (Å²) in [6.45, 7) is 7.33. The summed E-state index contributed by atoms with van der Waals surface area (Å²) in [5, 5.41) is 5.72. The molecule has 0 unspecified atom stereocenters. The van der Waals surface area contributed by atoms with Gasteiger partial charge in [0.2, 0.25) is 6.79 Å². The average molecular weight is 526 g/mol. The van der Waals surface area contributed by atoms with Crippen LogP contribution in [0.4, 0.5) is 0 Å². The molecule has 0 aliphatic carbocycles. The number of methoxy groups -OCH3 is 2. The number of hydrogen-bond acceptors (Lipinski definition) is 8. The summed E-state index contributed by atoms with van der Waals surface area (Å²) >= 11 is 1.51. The maximum Gasteiger partial charge on any atom is 0.270 e. The van der Waals surface area contributed by atoms with Crippen molar-refractivity contribution in [3.05, 3.63) is 63.6 Å². The third-order valence-electron chi connectivity index (χ3n) is 6.16. The lowest BCUT2D eigenvalue weighted by atomic mass is 10.1. The van der Waals surface area contributed by atoms with Crippen LogP contribution in [0.15, 0.2) is 41.8 Å². The standard InChI is InChI=1S/C28H35N3O5S/c1-19(2)9-11-29-28(32)22-17-37-27(30-22)16-31(15-21-6-8-24-26(14-21)36-18-35-24)12-10-20-5-7-23(33-3)25(13-20)34-4/h5-8,13-14,17,19H,9-12,15-16,18H2,1-4H3,(H,29,32). The fourth-order valence-corrected chi connectivity index (χ4v) is 4.89. The Morgan fingerprint density at radius 1 is 1.05 bits per heavy atom. The molecule has 2 heterocycles. The minimum absolute atomic E-state index is 0.115. The molecule has 37 heavy (non-hydrogen) atoms. The number of carbonyl (C=O) groups is 1. The Kier molecular flexibility index (Phi) is 9.24. The van der Waals surface area contributed by atoms with Crippen molar-refractivity contribution < 1.29 is 23.7 Å². The fraction of sp³-hybridized carbons (Fsp3) is 0.429. The monoisotopic (exact) mass is 525 g/mol. The Hall–Kier alpha value is -3.30. The molecule has 4 rings (SSSR count). The van der Waals surface area contributed by atoms with E-state index >= 15 is 0 Å². The first-order valence-corrected chi connectivity index (χ1v) is 13.4. The van der Waals surface area contributed by atoms with Gasteiger partial charge in [0, 0.05) is 25.0 Å². The molecule has 0 saturated carbocycles. The van der Waals surface area contributed by atoms with Crippen LogP contribution in [0.5, 0.6) is 23.0 Å². The van der Waals surface area contributed by atoms with Crippen LogP contribution in [0.1, 0.15) is 46.9 Å². The van der Waals surface area contributed by atoms with Gasteiger partial charge in [-0.05, 0) is 54.2 Å². The molecule has 1 N–H and O–H groups in total. The third-order valence-corrected chi connectivity index (χ3v) is 6.99. The largest absolute Gasteiger partial charge is 0.493 e. The Labute approximate surface area is 222 Å². The Balaban J connectivity index is 1.45. The molecule has 1 aromatic heterocycles. The predicted molar refractivity (Wildman–Crippen MR) is 144 cm³/mol. The number of aromatic nitrogens is 1. The van der Waals surface area contributed by atoms with Crippen molar-refractivity contribution in [2.45, 2.75) is 39.8 Å². The van der Waals surface area contributed by atoms with Crippen molar-refractivity contribution in [2.75, 3.05) is 34.1 Å². The highest BCUT2D eigenvalue weighted by atomic mass is 32.1. The first-order valence-electron chi connectivity index (χ1n) is 12.5. The van der Waals surface area contributed by atoms with E-state index in [1.165, 1.54) is 11.3 Å². The molecule has 1 aliphatic heterocycles. The molecular weight excluding hydrogens is 490 g/mol. The van der Waals surface area contributed by atoms with Gasteiger partial charge in [-0.1, -0.05) is 26.0 Å². The predicted octanol–water partition coefficient (Wildman–Crippen LogP) is 4.91. The lowest BCUT2D eigenvalue weighted by Crippen LogP contribution is -2.27. The van der Waals surface area contributed by atoms with E-state index in [2.05, 4.69) is 41.2 Å². The van der Waals surface area contributed by atoms with Crippen molar-refractivity contribution >= 4 is 17.2 Å². The molecule has 9 heteroatoms. The maximum absolute atomic E-state index is 12.5. The van der Waals surface area contributed by atoms with E-state index in [4.69, 9.17) is 18.9 Å². The minimum atomic E-state index is -0.115. The van der Waals surface area contributed by atoms with Crippen LogP contribution in [0, 0.1) is 5.92 Å². The number of hydrogen-bond donors (Lipinski definition) is 1. The molecule has 0 radical (unpaired) electrons. The summed E-state index contributed by atoms with van der Waals surface area (Å²) in [5.74, 6) is 3.40. The summed E-state index contributed by atoms with van der Waals surface area (Å²) in [7, 11) is 3.28. The molecule has 198 valence electrons. The Morgan fingerprint density at radius 2 is 1.84 bits per heavy atom. The van der Waals surface area contributed by atoms with E-state index in [1.54, 1.807) is 14.2 Å². The van der Waals surface area contributed by atoms with Crippen molar-refractivity contribution in [3.63, 3.8) is 0 Å². The normalized spacial score (nSPS) is 12.3. The van der Waals surface area contributed by atoms with Crippen LogP contribution < -0.4 is 24.3 Å². The molecule has 0 spiro atoms. The van der Waals surface area contributed by atoms with Crippen LogP contribution >= 0.6 is 11.3 Å². The van der Waals surface area contributed by atoms with Gasteiger partial charge >= 0.3 is 0 Å². The summed E-state index contributed by atoms with van der Waals surface area (Å²) in [6, 6.07) is 12.0. The first-order chi connectivity index (χ1) is 17.9. The topological polar surface area (TPSA) is 82.2 Å². The van der Waals surface area contributed by atoms with Crippen LogP contribution in [-0.2, 0) is 19.5 Å². The van der Waals surface area contributed by atoms with Crippen LogP contribution in [0.3, 0.4) is 0 Å². The first kappa shape index (κ1) is 26.8. The lowest BCUT2D eigenvalue weighted by molar-refractivity contribution is 0.0947. The fourth-order valence-electron chi connectivity index (χ4n) is 4.08. The molecule has 0 atom stereocenters. The second-order valence-corrected chi connectivity index (χ2v) is 10.3. The summed E-state index contributed by atoms with van der Waals surface area (Å²) in [5.41, 5.74) is 2.75. The van der Waals surface area contributed by atoms with Gasteiger partial charge in [-0.3, -0.25) is 9.69 Å². The Morgan fingerprint density at radius 3 is 2.62 bits per heavy atom. The molecule has 3 aromatic rings. The number of carbonyl (C=O) groups excluding carboxylic acids is 1. The van der Waals surface area contributed by atoms with Crippen LogP contribution in [-0.4, -0.2) is 49.9 Å². The number of benzene rings is 2. The van der Waals surface area contributed by atoms with Crippen molar-refractivity contribution in [2.24, 2.45) is 5.92 Å². The second kappa shape index (κ2) is 12.8. The van der Waals surface area contributed by atoms with E-state index in [-0.39, 0.29) is 12.7 Å². The molecule has 0 saturated heterocycles. The van der Waals surface area contributed by atoms with Gasteiger partial charge in [-0.2, -0.15) is 0 Å². The van der Waals surface area contributed by atoms with Crippen molar-refractivity contribution in [1.29, 1.82) is 0 Å². The number of nitrogens with zero attached hydrogens (tertiary/aromatic N) is 2. The zero-order chi connectivity index (χ0) is 26.2. The molecule has 1 amide bonds. The van der Waals surface area contributed by atoms with Gasteiger partial charge in [0.05, 0.1) is 20.8 Å². The number of fused-ring (bicyclic) bond motifs is 1. The van der Waals surface area contributed by atoms with E-state index < -0.39 is 0 Å². The molecule has 2 aromatic carbocycles. The lowest BCUT2D eigenvalue weighted by Gasteiger charge is -2.22. The third kappa shape index (κ3) is 7.36. The quantitative estimate of drug-likeness (QED) is 0.340. The van der Waals surface area contributed by atoms with E-state index in [9.17, 15) is 4.79 Å². The van der Waals surface area contributed by atoms with Gasteiger partial charge in [0.1, 0.15) is 10.7 Å². The second-order valence-electron chi connectivity index (χ2n) is 9.40. The summed E-state index contributed by atoms with van der Waals surface area (Å²) in [6.07, 6.45) is 1.76. The Bertz CT molecular complexity index is 1200. The van der Waals surface area contributed by atoms with Crippen LogP contribution in [0.2, 0.25) is 0 Å². The van der Waals surface area contributed by atoms with Crippen molar-refractivity contribution in [3.8, 4) is 23.0 Å². The highest BCUT2D eigenvalue weighted by molar-refractivity contribution is 7.09. The van der Waals surface area contributed by atoms with E-state index in [0.29, 0.717) is 37.0 Å². The van der Waals surface area contributed by atoms with Crippen LogP contribution in [0.25, 0.3) is 0 Å². The molecule has 1 aliphatic rings. The SMILES string of the molecule is COc1ccc(CCN(Cc2ccc3c(c2)OCO3)Cc2nc(C(=O)NCCC(C)C)cs2)cc1OC. The smallest absolute Gasteiger partial charge is 0.270 e. The number of nitrogens with one attached hydrogen (secondary N) is 1. The highest BCUT2D eigenvalue weighted by Gasteiger charge is 2.17. The van der Waals surface area contributed by atoms with Gasteiger partial charge in [-0.25, -0.2) is 4.98 Å². The maximum atomic E-state index is 12.5. The highest BCUT2D eigenvalue weighted by Crippen LogP contribution is 2.33. The van der Waals surface area contributed by atoms with Gasteiger partial charge in [0.15, 0.2) is 23.0 Å². The number of ether oxygens (including phenoxy) is 4. The molecule has 8 nitrogen and oxygen atoms in total. The average Bonchev–Trinajstić information content (AvgIpc) is 3.56. The molecule has 0 bridgehead atoms. The van der Waals surface area contributed by atoms with Crippen molar-refractivity contribution in [1.82, 2.24) is 15.2 Å². The van der Waals surface area contributed by atoms with Gasteiger partial charge < -0.3 is 24.3 Å². The van der Waals surface area contributed by atoms with E-state index in [0.717, 1.165) is 52.8 Å². The number of rotatable bonds is 13. The number of amides is 1. The zero-order valence-corrected chi connectivity index (χ0v) is 22.7. The summed E-state index contributed by atoms with van der Waals surface area (Å²) in [4.78, 5) is 19.5. The molecule has 0 fully saturated rings.